The number of halogens is 2. The lowest BCUT2D eigenvalue weighted by Crippen LogP contribution is -2.57. The minimum atomic E-state index is -1.42. The number of hydrogen-bond donors (Lipinski definition) is 3. The van der Waals surface area contributed by atoms with Crippen LogP contribution in [-0.4, -0.2) is 34.2 Å². The molecule has 0 bridgehead atoms. The third kappa shape index (κ3) is 7.47. The van der Waals surface area contributed by atoms with E-state index in [0.717, 1.165) is 31.7 Å². The number of fused-ring (bicyclic) bond motifs is 1. The summed E-state index contributed by atoms with van der Waals surface area (Å²) < 4.78 is 27.8. The monoisotopic (exact) mass is 519 g/mol. The number of aliphatic hydroxyl groups is 1. The van der Waals surface area contributed by atoms with Crippen LogP contribution < -0.4 is 10.6 Å². The van der Waals surface area contributed by atoms with Crippen LogP contribution in [0.5, 0.6) is 0 Å². The summed E-state index contributed by atoms with van der Waals surface area (Å²) in [6.07, 6.45) is 13.5. The Morgan fingerprint density at radius 2 is 1.87 bits per heavy atom. The van der Waals surface area contributed by atoms with Crippen molar-refractivity contribution in [3.05, 3.63) is 100 Å². The molecule has 0 unspecified atom stereocenters. The van der Waals surface area contributed by atoms with Gasteiger partial charge in [0.05, 0.1) is 11.6 Å². The SMILES string of the molecule is C#C.CCc1ccc2c(c1)[C@@H](NC[C@@](C)(O)[C@H](Cc1cc(F)cc(F)c1)NC(=O)c1ccccn1)CCC2. The minimum absolute atomic E-state index is 0.0448. The average molecular weight is 520 g/mol. The number of nitrogens with one attached hydrogen (secondary N) is 2. The summed E-state index contributed by atoms with van der Waals surface area (Å²) in [7, 11) is 0. The highest BCUT2D eigenvalue weighted by molar-refractivity contribution is 5.92. The van der Waals surface area contributed by atoms with Crippen molar-refractivity contribution in [2.75, 3.05) is 6.54 Å². The Balaban J connectivity index is 0.00000195. The van der Waals surface area contributed by atoms with Crippen molar-refractivity contribution in [1.82, 2.24) is 15.6 Å². The van der Waals surface area contributed by atoms with Gasteiger partial charge in [0.2, 0.25) is 0 Å². The molecule has 3 aromatic rings. The van der Waals surface area contributed by atoms with Crippen molar-refractivity contribution in [2.24, 2.45) is 0 Å². The maximum absolute atomic E-state index is 13.9. The fourth-order valence-corrected chi connectivity index (χ4v) is 4.85. The fourth-order valence-electron chi connectivity index (χ4n) is 4.85. The Morgan fingerprint density at radius 1 is 1.13 bits per heavy atom. The van der Waals surface area contributed by atoms with E-state index in [-0.39, 0.29) is 24.7 Å². The van der Waals surface area contributed by atoms with Crippen molar-refractivity contribution in [1.29, 1.82) is 0 Å². The normalized spacial score (nSPS) is 16.8. The number of aryl methyl sites for hydroxylation is 2. The van der Waals surface area contributed by atoms with Gasteiger partial charge in [0.15, 0.2) is 0 Å². The van der Waals surface area contributed by atoms with E-state index in [1.807, 2.05) is 0 Å². The predicted octanol–water partition coefficient (Wildman–Crippen LogP) is 4.93. The van der Waals surface area contributed by atoms with Crippen molar-refractivity contribution in [3.8, 4) is 12.8 Å². The highest BCUT2D eigenvalue weighted by atomic mass is 19.1. The summed E-state index contributed by atoms with van der Waals surface area (Å²) in [6.45, 7) is 3.94. The number of nitrogens with zero attached hydrogens (tertiary/aromatic N) is 1. The van der Waals surface area contributed by atoms with E-state index in [9.17, 15) is 18.7 Å². The molecular weight excluding hydrogens is 484 g/mol. The molecule has 0 radical (unpaired) electrons. The van der Waals surface area contributed by atoms with E-state index in [1.54, 1.807) is 25.1 Å². The van der Waals surface area contributed by atoms with Crippen LogP contribution >= 0.6 is 0 Å². The van der Waals surface area contributed by atoms with Crippen LogP contribution in [0.3, 0.4) is 0 Å². The number of pyridine rings is 1. The number of carbonyl (C=O) groups excluding carboxylic acids is 1. The molecule has 1 aromatic heterocycles. The first-order chi connectivity index (χ1) is 18.2. The Hall–Kier alpha value is -3.60. The lowest BCUT2D eigenvalue weighted by atomic mass is 9.85. The Labute approximate surface area is 223 Å². The molecule has 200 valence electrons. The molecule has 1 heterocycles. The molecule has 38 heavy (non-hydrogen) atoms. The zero-order chi connectivity index (χ0) is 27.7. The van der Waals surface area contributed by atoms with Gasteiger partial charge < -0.3 is 15.7 Å². The van der Waals surface area contributed by atoms with Crippen LogP contribution in [-0.2, 0) is 19.3 Å². The molecule has 2 aromatic carbocycles. The second kappa shape index (κ2) is 13.3. The molecule has 3 N–H and O–H groups in total. The molecular formula is C31H35F2N3O2. The van der Waals surface area contributed by atoms with Crippen molar-refractivity contribution < 1.29 is 18.7 Å². The highest BCUT2D eigenvalue weighted by Crippen LogP contribution is 2.31. The van der Waals surface area contributed by atoms with Crippen LogP contribution in [0.15, 0.2) is 60.8 Å². The van der Waals surface area contributed by atoms with E-state index in [1.165, 1.54) is 35.0 Å². The Kier molecular flexibility index (Phi) is 10.1. The number of hydrogen-bond acceptors (Lipinski definition) is 4. The van der Waals surface area contributed by atoms with Crippen LogP contribution in [0, 0.1) is 24.5 Å². The number of terminal acetylenes is 1. The zero-order valence-electron chi connectivity index (χ0n) is 21.9. The van der Waals surface area contributed by atoms with Gasteiger partial charge in [0.25, 0.3) is 5.91 Å². The van der Waals surface area contributed by atoms with Gasteiger partial charge in [-0.2, -0.15) is 0 Å². The van der Waals surface area contributed by atoms with Gasteiger partial charge in [-0.25, -0.2) is 8.78 Å². The van der Waals surface area contributed by atoms with Crippen LogP contribution in [0.4, 0.5) is 8.78 Å². The number of benzene rings is 2. The lowest BCUT2D eigenvalue weighted by Gasteiger charge is -2.36. The van der Waals surface area contributed by atoms with E-state index < -0.39 is 29.2 Å². The molecule has 0 saturated carbocycles. The topological polar surface area (TPSA) is 74.2 Å². The highest BCUT2D eigenvalue weighted by Gasteiger charge is 2.35. The predicted molar refractivity (Wildman–Crippen MR) is 146 cm³/mol. The van der Waals surface area contributed by atoms with E-state index in [4.69, 9.17) is 0 Å². The summed E-state index contributed by atoms with van der Waals surface area (Å²) in [5, 5.41) is 17.9. The van der Waals surface area contributed by atoms with Gasteiger partial charge in [-0.05, 0) is 85.5 Å². The van der Waals surface area contributed by atoms with Gasteiger partial charge in [-0.1, -0.05) is 31.2 Å². The molecule has 1 aliphatic carbocycles. The number of amides is 1. The number of aromatic nitrogens is 1. The molecule has 7 heteroatoms. The van der Waals surface area contributed by atoms with Gasteiger partial charge >= 0.3 is 0 Å². The maximum atomic E-state index is 13.9. The summed E-state index contributed by atoms with van der Waals surface area (Å²) >= 11 is 0. The first-order valence-electron chi connectivity index (χ1n) is 12.8. The molecule has 3 atom stereocenters. The summed E-state index contributed by atoms with van der Waals surface area (Å²) in [4.78, 5) is 17.0. The second-order valence-corrected chi connectivity index (χ2v) is 9.79. The second-order valence-electron chi connectivity index (χ2n) is 9.79. The molecule has 0 aliphatic heterocycles. The lowest BCUT2D eigenvalue weighted by molar-refractivity contribution is 0.0162. The smallest absolute Gasteiger partial charge is 0.270 e. The largest absolute Gasteiger partial charge is 0.387 e. The standard InChI is InChI=1S/C29H33F2N3O2.C2H2/c1-3-19-10-11-21-7-6-9-25(24(21)15-19)33-18-29(2,36)27(16-20-13-22(30)17-23(31)14-20)34-28(35)26-8-4-5-12-32-26;1-2/h4-5,8,10-15,17,25,27,33,36H,3,6-7,9,16,18H2,1-2H3,(H,34,35);1-2H/t25-,27-,29+;/m0./s1. The third-order valence-corrected chi connectivity index (χ3v) is 6.95. The molecule has 5 nitrogen and oxygen atoms in total. The molecule has 0 fully saturated rings. The van der Waals surface area contributed by atoms with E-state index in [0.29, 0.717) is 5.56 Å². The number of rotatable bonds is 9. The molecule has 4 rings (SSSR count). The molecule has 0 spiro atoms. The maximum Gasteiger partial charge on any atom is 0.270 e. The first kappa shape index (κ1) is 29.0. The van der Waals surface area contributed by atoms with Gasteiger partial charge in [0, 0.05) is 24.8 Å². The third-order valence-electron chi connectivity index (χ3n) is 6.95. The van der Waals surface area contributed by atoms with E-state index in [2.05, 4.69) is 53.6 Å². The first-order valence-corrected chi connectivity index (χ1v) is 12.8. The van der Waals surface area contributed by atoms with Crippen molar-refractivity contribution in [3.63, 3.8) is 0 Å². The minimum Gasteiger partial charge on any atom is -0.387 e. The summed E-state index contributed by atoms with van der Waals surface area (Å²) in [5.41, 5.74) is 2.94. The van der Waals surface area contributed by atoms with Gasteiger partial charge in [-0.3, -0.25) is 9.78 Å². The fraction of sp³-hybridized carbons (Fsp3) is 0.355. The van der Waals surface area contributed by atoms with Gasteiger partial charge in [0.1, 0.15) is 17.3 Å². The number of carbonyl (C=O) groups is 1. The molecule has 0 saturated heterocycles. The summed E-state index contributed by atoms with van der Waals surface area (Å²) in [6, 6.07) is 14.0. The Morgan fingerprint density at radius 3 is 2.53 bits per heavy atom. The zero-order valence-corrected chi connectivity index (χ0v) is 21.9. The Bertz CT molecular complexity index is 1220. The molecule has 1 amide bonds. The van der Waals surface area contributed by atoms with Crippen LogP contribution in [0.1, 0.15) is 65.5 Å². The van der Waals surface area contributed by atoms with Crippen molar-refractivity contribution >= 4 is 5.91 Å². The van der Waals surface area contributed by atoms with Crippen molar-refractivity contribution in [2.45, 2.75) is 63.6 Å². The summed E-state index contributed by atoms with van der Waals surface area (Å²) in [5.74, 6) is -1.88. The average Bonchev–Trinajstić information content (AvgIpc) is 2.92. The van der Waals surface area contributed by atoms with Gasteiger partial charge in [-0.15, -0.1) is 12.8 Å². The quantitative estimate of drug-likeness (QED) is 0.351. The van der Waals surface area contributed by atoms with Crippen LogP contribution in [0.25, 0.3) is 0 Å². The van der Waals surface area contributed by atoms with E-state index >= 15 is 0 Å². The van der Waals surface area contributed by atoms with Crippen LogP contribution in [0.2, 0.25) is 0 Å². The molecule has 1 aliphatic rings.